The first kappa shape index (κ1) is 15.6. The van der Waals surface area contributed by atoms with E-state index in [0.29, 0.717) is 5.82 Å². The van der Waals surface area contributed by atoms with Crippen LogP contribution in [0.15, 0.2) is 55.1 Å². The van der Waals surface area contributed by atoms with E-state index < -0.39 is 0 Å². The summed E-state index contributed by atoms with van der Waals surface area (Å²) >= 11 is 0. The van der Waals surface area contributed by atoms with Crippen LogP contribution in [-0.2, 0) is 0 Å². The molecule has 0 aliphatic rings. The fourth-order valence-corrected chi connectivity index (χ4v) is 3.39. The molecule has 0 unspecified atom stereocenters. The Morgan fingerprint density at radius 2 is 1.67 bits per heavy atom. The second-order valence-corrected chi connectivity index (χ2v) is 6.40. The van der Waals surface area contributed by atoms with Crippen molar-refractivity contribution in [3.8, 4) is 17.1 Å². The zero-order valence-electron chi connectivity index (χ0n) is 14.8. The maximum atomic E-state index is 13.3. The molecule has 0 aliphatic heterocycles. The maximum absolute atomic E-state index is 13.3. The number of aromatic nitrogens is 6. The first-order chi connectivity index (χ1) is 13.1. The van der Waals surface area contributed by atoms with Crippen LogP contribution in [0, 0.1) is 19.7 Å². The van der Waals surface area contributed by atoms with Gasteiger partial charge in [-0.25, -0.2) is 18.9 Å². The van der Waals surface area contributed by atoms with Gasteiger partial charge in [-0.1, -0.05) is 0 Å². The monoisotopic (exact) mass is 358 g/mol. The molecule has 5 aromatic rings. The van der Waals surface area contributed by atoms with Crippen molar-refractivity contribution in [2.24, 2.45) is 0 Å². The van der Waals surface area contributed by atoms with Gasteiger partial charge in [0.25, 0.3) is 0 Å². The summed E-state index contributed by atoms with van der Waals surface area (Å²) in [6.45, 7) is 4.07. The normalized spacial score (nSPS) is 11.5. The number of fused-ring (bicyclic) bond motifs is 3. The number of pyridine rings is 1. The molecular formula is C20H15FN6. The largest absolute Gasteiger partial charge is 0.298 e. The summed E-state index contributed by atoms with van der Waals surface area (Å²) in [5.74, 6) is 0.359. The van der Waals surface area contributed by atoms with Crippen molar-refractivity contribution in [1.29, 1.82) is 0 Å². The van der Waals surface area contributed by atoms with Gasteiger partial charge >= 0.3 is 0 Å². The smallest absolute Gasteiger partial charge is 0.182 e. The molecule has 4 aromatic heterocycles. The predicted molar refractivity (Wildman–Crippen MR) is 100 cm³/mol. The summed E-state index contributed by atoms with van der Waals surface area (Å²) in [4.78, 5) is 13.4. The van der Waals surface area contributed by atoms with E-state index in [2.05, 4.69) is 15.1 Å². The Balaban J connectivity index is 1.80. The number of nitrogens with zero attached hydrogens (tertiary/aromatic N) is 6. The third-order valence-electron chi connectivity index (χ3n) is 4.86. The number of hydrogen-bond donors (Lipinski definition) is 0. The van der Waals surface area contributed by atoms with Crippen molar-refractivity contribution in [2.75, 3.05) is 0 Å². The van der Waals surface area contributed by atoms with Crippen LogP contribution in [-0.4, -0.2) is 29.1 Å². The van der Waals surface area contributed by atoms with Crippen LogP contribution in [0.1, 0.15) is 11.3 Å². The van der Waals surface area contributed by atoms with Crippen LogP contribution in [0.2, 0.25) is 0 Å². The minimum Gasteiger partial charge on any atom is -0.298 e. The van der Waals surface area contributed by atoms with E-state index in [0.717, 1.165) is 39.2 Å². The number of benzene rings is 1. The lowest BCUT2D eigenvalue weighted by Gasteiger charge is -2.07. The highest BCUT2D eigenvalue weighted by Gasteiger charge is 2.19. The van der Waals surface area contributed by atoms with Gasteiger partial charge in [0.1, 0.15) is 12.1 Å². The highest BCUT2D eigenvalue weighted by molar-refractivity contribution is 5.95. The van der Waals surface area contributed by atoms with Gasteiger partial charge < -0.3 is 0 Å². The van der Waals surface area contributed by atoms with Gasteiger partial charge in [0.2, 0.25) is 0 Å². The zero-order chi connectivity index (χ0) is 18.5. The van der Waals surface area contributed by atoms with E-state index in [1.807, 2.05) is 30.5 Å². The zero-order valence-corrected chi connectivity index (χ0v) is 14.8. The molecule has 0 saturated heterocycles. The summed E-state index contributed by atoms with van der Waals surface area (Å²) in [6, 6.07) is 10.2. The molecule has 27 heavy (non-hydrogen) atoms. The van der Waals surface area contributed by atoms with Crippen molar-refractivity contribution < 1.29 is 4.39 Å². The molecule has 6 nitrogen and oxygen atoms in total. The Hall–Kier alpha value is -3.61. The van der Waals surface area contributed by atoms with Crippen molar-refractivity contribution in [1.82, 2.24) is 29.1 Å². The highest BCUT2D eigenvalue weighted by Crippen LogP contribution is 2.30. The molecular weight excluding hydrogens is 343 g/mol. The van der Waals surface area contributed by atoms with Crippen molar-refractivity contribution in [3.05, 3.63) is 72.2 Å². The maximum Gasteiger partial charge on any atom is 0.182 e. The van der Waals surface area contributed by atoms with Crippen LogP contribution in [0.5, 0.6) is 0 Å². The summed E-state index contributed by atoms with van der Waals surface area (Å²) in [7, 11) is 0. The number of halogens is 1. The molecule has 5 rings (SSSR count). The molecule has 0 amide bonds. The molecule has 0 atom stereocenters. The molecule has 0 radical (unpaired) electrons. The lowest BCUT2D eigenvalue weighted by Crippen LogP contribution is -1.99. The highest BCUT2D eigenvalue weighted by atomic mass is 19.1. The number of rotatable bonds is 2. The Labute approximate surface area is 154 Å². The standard InChI is InChI=1S/C20H15FN6/c1-12-13(2)27(16-5-3-15(21)4-6-16)19-17(12)20-24-18(25-26(20)11-23-19)14-7-9-22-10-8-14/h3-11H,1-2H3. The van der Waals surface area contributed by atoms with Gasteiger partial charge in [-0.05, 0) is 55.8 Å². The summed E-state index contributed by atoms with van der Waals surface area (Å²) in [5, 5.41) is 5.49. The molecule has 1 aromatic carbocycles. The number of hydrogen-bond acceptors (Lipinski definition) is 4. The van der Waals surface area contributed by atoms with Gasteiger partial charge in [0.15, 0.2) is 17.1 Å². The van der Waals surface area contributed by atoms with E-state index in [9.17, 15) is 4.39 Å². The summed E-state index contributed by atoms with van der Waals surface area (Å²) in [5.41, 5.74) is 5.38. The Bertz CT molecular complexity index is 1290. The first-order valence-corrected chi connectivity index (χ1v) is 8.53. The SMILES string of the molecule is Cc1c(C)n(-c2ccc(F)cc2)c2ncn3nc(-c4ccncc4)nc3c12. The minimum atomic E-state index is -0.264. The molecule has 0 aliphatic carbocycles. The minimum absolute atomic E-state index is 0.264. The molecule has 132 valence electrons. The molecule has 0 bridgehead atoms. The van der Waals surface area contributed by atoms with Gasteiger partial charge in [0, 0.05) is 29.3 Å². The van der Waals surface area contributed by atoms with Crippen LogP contribution in [0.25, 0.3) is 33.8 Å². The van der Waals surface area contributed by atoms with Crippen molar-refractivity contribution in [2.45, 2.75) is 13.8 Å². The molecule has 0 N–H and O–H groups in total. The van der Waals surface area contributed by atoms with E-state index in [1.165, 1.54) is 12.1 Å². The Morgan fingerprint density at radius 1 is 0.926 bits per heavy atom. The summed E-state index contributed by atoms with van der Waals surface area (Å²) < 4.78 is 17.1. The second kappa shape index (κ2) is 5.70. The van der Waals surface area contributed by atoms with Gasteiger partial charge in [-0.3, -0.25) is 9.55 Å². The first-order valence-electron chi connectivity index (χ1n) is 8.53. The summed E-state index contributed by atoms with van der Waals surface area (Å²) in [6.07, 6.45) is 5.10. The van der Waals surface area contributed by atoms with Gasteiger partial charge in [-0.15, -0.1) is 5.10 Å². The molecule has 4 heterocycles. The van der Waals surface area contributed by atoms with Crippen LogP contribution in [0.4, 0.5) is 4.39 Å². The fourth-order valence-electron chi connectivity index (χ4n) is 3.39. The molecule has 0 spiro atoms. The lowest BCUT2D eigenvalue weighted by molar-refractivity contribution is 0.627. The molecule has 7 heteroatoms. The average molecular weight is 358 g/mol. The van der Waals surface area contributed by atoms with Crippen LogP contribution < -0.4 is 0 Å². The fraction of sp³-hybridized carbons (Fsp3) is 0.100. The van der Waals surface area contributed by atoms with Gasteiger partial charge in [0.05, 0.1) is 5.39 Å². The Morgan fingerprint density at radius 3 is 2.41 bits per heavy atom. The van der Waals surface area contributed by atoms with Crippen LogP contribution >= 0.6 is 0 Å². The average Bonchev–Trinajstić information content (AvgIpc) is 3.23. The third kappa shape index (κ3) is 2.32. The molecule has 0 saturated carbocycles. The predicted octanol–water partition coefficient (Wildman–Crippen LogP) is 3.89. The van der Waals surface area contributed by atoms with Crippen molar-refractivity contribution >= 4 is 16.7 Å². The van der Waals surface area contributed by atoms with Crippen molar-refractivity contribution in [3.63, 3.8) is 0 Å². The molecule has 0 fully saturated rings. The van der Waals surface area contributed by atoms with E-state index >= 15 is 0 Å². The third-order valence-corrected chi connectivity index (χ3v) is 4.86. The van der Waals surface area contributed by atoms with E-state index in [1.54, 1.807) is 35.4 Å². The number of aryl methyl sites for hydroxylation is 1. The Kier molecular flexibility index (Phi) is 3.30. The van der Waals surface area contributed by atoms with Crippen LogP contribution in [0.3, 0.4) is 0 Å². The second-order valence-electron chi connectivity index (χ2n) is 6.40. The van der Waals surface area contributed by atoms with E-state index in [4.69, 9.17) is 4.98 Å². The van der Waals surface area contributed by atoms with E-state index in [-0.39, 0.29) is 5.82 Å². The lowest BCUT2D eigenvalue weighted by atomic mass is 10.2. The topological polar surface area (TPSA) is 60.9 Å². The quantitative estimate of drug-likeness (QED) is 0.480. The van der Waals surface area contributed by atoms with Gasteiger partial charge in [-0.2, -0.15) is 0 Å².